The van der Waals surface area contributed by atoms with Crippen molar-refractivity contribution in [3.8, 4) is 0 Å². The molecular formula is C10H18N2O3S2. The number of hydrogen-bond donors (Lipinski definition) is 2. The summed E-state index contributed by atoms with van der Waals surface area (Å²) in [7, 11) is -2.02. The third kappa shape index (κ3) is 4.04. The Kier molecular flexibility index (Phi) is 5.08. The van der Waals surface area contributed by atoms with Gasteiger partial charge in [-0.2, -0.15) is 28.8 Å². The lowest BCUT2D eigenvalue weighted by molar-refractivity contribution is 0.181. The highest BCUT2D eigenvalue weighted by Crippen LogP contribution is 2.15. The molecule has 5 nitrogen and oxygen atoms in total. The molecule has 0 fully saturated rings. The van der Waals surface area contributed by atoms with E-state index in [4.69, 9.17) is 0 Å². The first-order valence-electron chi connectivity index (χ1n) is 5.27. The molecule has 1 aromatic rings. The van der Waals surface area contributed by atoms with Gasteiger partial charge in [-0.25, -0.2) is 0 Å². The van der Waals surface area contributed by atoms with E-state index >= 15 is 0 Å². The van der Waals surface area contributed by atoms with Crippen LogP contribution in [0.3, 0.4) is 0 Å². The summed E-state index contributed by atoms with van der Waals surface area (Å²) in [6.07, 6.45) is -0.809. The Morgan fingerprint density at radius 3 is 2.65 bits per heavy atom. The average Bonchev–Trinajstić information content (AvgIpc) is 2.78. The van der Waals surface area contributed by atoms with Crippen LogP contribution in [-0.4, -0.2) is 37.5 Å². The Balaban J connectivity index is 2.56. The lowest BCUT2D eigenvalue weighted by Gasteiger charge is -2.22. The molecular weight excluding hydrogens is 260 g/mol. The number of thiophene rings is 1. The number of aliphatic hydroxyl groups excluding tert-OH is 1. The van der Waals surface area contributed by atoms with Crippen molar-refractivity contribution in [1.29, 1.82) is 0 Å². The highest BCUT2D eigenvalue weighted by Gasteiger charge is 2.21. The molecule has 0 spiro atoms. The van der Waals surface area contributed by atoms with Gasteiger partial charge >= 0.3 is 0 Å². The minimum Gasteiger partial charge on any atom is -0.387 e. The summed E-state index contributed by atoms with van der Waals surface area (Å²) in [5.41, 5.74) is 0.727. The molecule has 0 aromatic carbocycles. The van der Waals surface area contributed by atoms with Gasteiger partial charge in [-0.1, -0.05) is 0 Å². The summed E-state index contributed by atoms with van der Waals surface area (Å²) >= 11 is 1.46. The van der Waals surface area contributed by atoms with Crippen molar-refractivity contribution in [2.45, 2.75) is 26.0 Å². The molecule has 0 aliphatic carbocycles. The van der Waals surface area contributed by atoms with Gasteiger partial charge in [0, 0.05) is 19.6 Å². The van der Waals surface area contributed by atoms with Crippen LogP contribution in [0.25, 0.3) is 0 Å². The van der Waals surface area contributed by atoms with E-state index in [2.05, 4.69) is 4.72 Å². The van der Waals surface area contributed by atoms with E-state index in [1.807, 2.05) is 5.38 Å². The zero-order chi connectivity index (χ0) is 13.1. The summed E-state index contributed by atoms with van der Waals surface area (Å²) in [6, 6.07) is 1.65. The van der Waals surface area contributed by atoms with E-state index in [9.17, 15) is 13.5 Å². The molecule has 0 amide bonds. The molecule has 1 atom stereocenters. The molecule has 2 N–H and O–H groups in total. The van der Waals surface area contributed by atoms with Crippen LogP contribution >= 0.6 is 11.3 Å². The zero-order valence-electron chi connectivity index (χ0n) is 10.1. The van der Waals surface area contributed by atoms with Crippen LogP contribution in [0.15, 0.2) is 16.8 Å². The van der Waals surface area contributed by atoms with E-state index in [0.717, 1.165) is 5.56 Å². The van der Waals surface area contributed by atoms with E-state index in [1.165, 1.54) is 22.7 Å². The second-order valence-electron chi connectivity index (χ2n) is 4.04. The Bertz CT molecular complexity index is 428. The van der Waals surface area contributed by atoms with Gasteiger partial charge in [-0.05, 0) is 36.2 Å². The molecule has 17 heavy (non-hydrogen) atoms. The van der Waals surface area contributed by atoms with Crippen LogP contribution in [-0.2, 0) is 10.2 Å². The Morgan fingerprint density at radius 1 is 1.53 bits per heavy atom. The number of rotatable bonds is 6. The second kappa shape index (κ2) is 5.92. The molecule has 1 heterocycles. The van der Waals surface area contributed by atoms with E-state index < -0.39 is 16.3 Å². The van der Waals surface area contributed by atoms with Gasteiger partial charge in [0.05, 0.1) is 6.10 Å². The molecule has 1 unspecified atom stereocenters. The van der Waals surface area contributed by atoms with Crippen molar-refractivity contribution < 1.29 is 13.5 Å². The zero-order valence-corrected chi connectivity index (χ0v) is 11.8. The fourth-order valence-corrected chi connectivity index (χ4v) is 2.98. The third-order valence-electron chi connectivity index (χ3n) is 2.49. The molecule has 98 valence electrons. The van der Waals surface area contributed by atoms with Crippen LogP contribution < -0.4 is 4.72 Å². The van der Waals surface area contributed by atoms with E-state index in [0.29, 0.717) is 0 Å². The quantitative estimate of drug-likeness (QED) is 0.814. The fraction of sp³-hybridized carbons (Fsp3) is 0.600. The lowest BCUT2D eigenvalue weighted by Crippen LogP contribution is -2.43. The Labute approximate surface area is 106 Å². The van der Waals surface area contributed by atoms with Crippen molar-refractivity contribution in [3.05, 3.63) is 22.4 Å². The summed E-state index contributed by atoms with van der Waals surface area (Å²) < 4.78 is 27.1. The number of nitrogens with one attached hydrogen (secondary N) is 1. The third-order valence-corrected chi connectivity index (χ3v) is 4.91. The maximum atomic E-state index is 11.8. The Hall–Kier alpha value is -0.470. The highest BCUT2D eigenvalue weighted by atomic mass is 32.2. The molecule has 0 bridgehead atoms. The predicted octanol–water partition coefficient (Wildman–Crippen LogP) is 0.956. The largest absolute Gasteiger partial charge is 0.387 e. The van der Waals surface area contributed by atoms with Gasteiger partial charge in [-0.15, -0.1) is 0 Å². The van der Waals surface area contributed by atoms with Crippen LogP contribution in [0.5, 0.6) is 0 Å². The highest BCUT2D eigenvalue weighted by molar-refractivity contribution is 7.87. The molecule has 0 radical (unpaired) electrons. The van der Waals surface area contributed by atoms with E-state index in [1.54, 1.807) is 25.3 Å². The van der Waals surface area contributed by atoms with Crippen LogP contribution in [0.2, 0.25) is 0 Å². The average molecular weight is 278 g/mol. The first-order valence-corrected chi connectivity index (χ1v) is 7.65. The molecule has 1 aromatic heterocycles. The van der Waals surface area contributed by atoms with Crippen LogP contribution in [0.4, 0.5) is 0 Å². The van der Waals surface area contributed by atoms with Gasteiger partial charge < -0.3 is 5.11 Å². The number of nitrogens with zero attached hydrogens (tertiary/aromatic N) is 1. The fourth-order valence-electron chi connectivity index (χ4n) is 1.15. The van der Waals surface area contributed by atoms with Crippen molar-refractivity contribution >= 4 is 21.5 Å². The minimum atomic E-state index is -3.52. The summed E-state index contributed by atoms with van der Waals surface area (Å²) in [4.78, 5) is 0. The van der Waals surface area contributed by atoms with Crippen LogP contribution in [0.1, 0.15) is 25.5 Å². The standard InChI is InChI=1S/C10H18N2O3S2/c1-8(2)12(3)17(14,15)11-6-10(13)9-4-5-16-7-9/h4-5,7-8,10-11,13H,6H2,1-3H3. The van der Waals surface area contributed by atoms with Gasteiger partial charge in [-0.3, -0.25) is 0 Å². The topological polar surface area (TPSA) is 69.6 Å². The van der Waals surface area contributed by atoms with E-state index in [-0.39, 0.29) is 12.6 Å². The molecule has 0 saturated carbocycles. The molecule has 0 aliphatic heterocycles. The van der Waals surface area contributed by atoms with Crippen LogP contribution in [0, 0.1) is 0 Å². The predicted molar refractivity (Wildman–Crippen MR) is 69.1 cm³/mol. The van der Waals surface area contributed by atoms with Crippen molar-refractivity contribution in [2.75, 3.05) is 13.6 Å². The monoisotopic (exact) mass is 278 g/mol. The van der Waals surface area contributed by atoms with Crippen molar-refractivity contribution in [3.63, 3.8) is 0 Å². The summed E-state index contributed by atoms with van der Waals surface area (Å²) in [5, 5.41) is 13.4. The normalized spacial score (nSPS) is 14.5. The lowest BCUT2D eigenvalue weighted by atomic mass is 10.2. The first kappa shape index (κ1) is 14.6. The van der Waals surface area contributed by atoms with Gasteiger partial charge in [0.1, 0.15) is 0 Å². The first-order chi connectivity index (χ1) is 7.84. The van der Waals surface area contributed by atoms with Gasteiger partial charge in [0.25, 0.3) is 10.2 Å². The smallest absolute Gasteiger partial charge is 0.279 e. The minimum absolute atomic E-state index is 0.0177. The molecule has 0 saturated heterocycles. The SMILES string of the molecule is CC(C)N(C)S(=O)(=O)NCC(O)c1ccsc1. The maximum absolute atomic E-state index is 11.8. The number of hydrogen-bond acceptors (Lipinski definition) is 4. The van der Waals surface area contributed by atoms with Crippen molar-refractivity contribution in [1.82, 2.24) is 9.03 Å². The second-order valence-corrected chi connectivity index (χ2v) is 6.63. The van der Waals surface area contributed by atoms with Gasteiger partial charge in [0.2, 0.25) is 0 Å². The molecule has 7 heteroatoms. The summed E-state index contributed by atoms with van der Waals surface area (Å²) in [5.74, 6) is 0. The molecule has 0 aliphatic rings. The van der Waals surface area contributed by atoms with Crippen molar-refractivity contribution in [2.24, 2.45) is 0 Å². The summed E-state index contributed by atoms with van der Waals surface area (Å²) in [6.45, 7) is 3.55. The maximum Gasteiger partial charge on any atom is 0.279 e. The number of aliphatic hydroxyl groups is 1. The van der Waals surface area contributed by atoms with Gasteiger partial charge in [0.15, 0.2) is 0 Å². The molecule has 1 rings (SSSR count). The Morgan fingerprint density at radius 2 is 2.18 bits per heavy atom.